The molecule has 5 nitrogen and oxygen atoms in total. The van der Waals surface area contributed by atoms with Gasteiger partial charge in [-0.15, -0.1) is 0 Å². The Morgan fingerprint density at radius 3 is 2.88 bits per heavy atom. The number of carbonyl (C=O) groups is 1. The summed E-state index contributed by atoms with van der Waals surface area (Å²) in [6.07, 6.45) is 9.42. The zero-order valence-electron chi connectivity index (χ0n) is 14.6. The van der Waals surface area contributed by atoms with E-state index in [0.29, 0.717) is 12.8 Å². The lowest BCUT2D eigenvalue weighted by atomic mass is 10.0. The van der Waals surface area contributed by atoms with E-state index in [1.807, 2.05) is 0 Å². The van der Waals surface area contributed by atoms with Crippen LogP contribution in [0, 0.1) is 0 Å². The lowest BCUT2D eigenvalue weighted by Gasteiger charge is -2.33. The normalized spacial score (nSPS) is 18.0. The van der Waals surface area contributed by atoms with Gasteiger partial charge in [-0.2, -0.15) is 0 Å². The van der Waals surface area contributed by atoms with E-state index < -0.39 is 0 Å². The summed E-state index contributed by atoms with van der Waals surface area (Å²) in [4.78, 5) is 22.9. The summed E-state index contributed by atoms with van der Waals surface area (Å²) in [5, 5.41) is 3.19. The minimum absolute atomic E-state index is 0.112. The molecule has 1 saturated heterocycles. The molecular formula is C20H26N4O. The summed E-state index contributed by atoms with van der Waals surface area (Å²) in [7, 11) is 0. The average Bonchev–Trinajstić information content (AvgIpc) is 2.67. The van der Waals surface area contributed by atoms with Gasteiger partial charge in [0.15, 0.2) is 0 Å². The summed E-state index contributed by atoms with van der Waals surface area (Å²) < 4.78 is 0. The lowest BCUT2D eigenvalue weighted by Crippen LogP contribution is -2.48. The van der Waals surface area contributed by atoms with Crippen molar-refractivity contribution in [3.8, 4) is 0 Å². The minimum Gasteiger partial charge on any atom is -0.352 e. The highest BCUT2D eigenvalue weighted by molar-refractivity contribution is 5.76. The molecule has 132 valence electrons. The molecule has 2 aromatic rings. The zero-order chi connectivity index (χ0) is 17.3. The van der Waals surface area contributed by atoms with E-state index in [2.05, 4.69) is 50.5 Å². The SMILES string of the molecule is O=C(CCc1cnccn1)NC1CCCN(CCc2ccccc2)C1. The van der Waals surface area contributed by atoms with Gasteiger partial charge in [0.25, 0.3) is 0 Å². The molecule has 1 aliphatic rings. The fourth-order valence-corrected chi connectivity index (χ4v) is 3.31. The maximum atomic E-state index is 12.2. The van der Waals surface area contributed by atoms with Crippen molar-refractivity contribution >= 4 is 5.91 Å². The Morgan fingerprint density at radius 1 is 1.20 bits per heavy atom. The highest BCUT2D eigenvalue weighted by Crippen LogP contribution is 2.12. The highest BCUT2D eigenvalue weighted by Gasteiger charge is 2.21. The first-order chi connectivity index (χ1) is 12.3. The van der Waals surface area contributed by atoms with E-state index in [1.165, 1.54) is 5.56 Å². The van der Waals surface area contributed by atoms with Gasteiger partial charge in [0.05, 0.1) is 5.69 Å². The second-order valence-electron chi connectivity index (χ2n) is 6.64. The van der Waals surface area contributed by atoms with Crippen molar-refractivity contribution < 1.29 is 4.79 Å². The van der Waals surface area contributed by atoms with Gasteiger partial charge in [-0.3, -0.25) is 14.8 Å². The summed E-state index contributed by atoms with van der Waals surface area (Å²) >= 11 is 0. The van der Waals surface area contributed by atoms with E-state index in [-0.39, 0.29) is 11.9 Å². The van der Waals surface area contributed by atoms with Gasteiger partial charge >= 0.3 is 0 Å². The van der Waals surface area contributed by atoms with E-state index in [0.717, 1.165) is 44.6 Å². The minimum atomic E-state index is 0.112. The first-order valence-electron chi connectivity index (χ1n) is 9.10. The number of likely N-dealkylation sites (tertiary alicyclic amines) is 1. The molecule has 1 aromatic heterocycles. The lowest BCUT2D eigenvalue weighted by molar-refractivity contribution is -0.122. The summed E-state index contributed by atoms with van der Waals surface area (Å²) in [5.74, 6) is 0.112. The molecule has 3 rings (SSSR count). The second-order valence-corrected chi connectivity index (χ2v) is 6.64. The fourth-order valence-electron chi connectivity index (χ4n) is 3.31. The molecule has 0 radical (unpaired) electrons. The number of hydrogen-bond donors (Lipinski definition) is 1. The van der Waals surface area contributed by atoms with Gasteiger partial charge in [-0.1, -0.05) is 30.3 Å². The van der Waals surface area contributed by atoms with E-state index in [4.69, 9.17) is 0 Å². The van der Waals surface area contributed by atoms with Crippen molar-refractivity contribution in [2.24, 2.45) is 0 Å². The van der Waals surface area contributed by atoms with Crippen LogP contribution in [0.3, 0.4) is 0 Å². The molecule has 0 spiro atoms. The first kappa shape index (κ1) is 17.5. The molecule has 0 bridgehead atoms. The molecular weight excluding hydrogens is 312 g/mol. The number of nitrogens with zero attached hydrogens (tertiary/aromatic N) is 3. The Hall–Kier alpha value is -2.27. The van der Waals surface area contributed by atoms with Gasteiger partial charge in [0.1, 0.15) is 0 Å². The maximum absolute atomic E-state index is 12.2. The third-order valence-corrected chi connectivity index (χ3v) is 4.66. The van der Waals surface area contributed by atoms with Crippen molar-refractivity contribution in [2.45, 2.75) is 38.1 Å². The van der Waals surface area contributed by atoms with Crippen molar-refractivity contribution in [3.05, 3.63) is 60.2 Å². The van der Waals surface area contributed by atoms with Crippen LogP contribution in [0.15, 0.2) is 48.9 Å². The quantitative estimate of drug-likeness (QED) is 0.841. The molecule has 1 unspecified atom stereocenters. The smallest absolute Gasteiger partial charge is 0.220 e. The second kappa shape index (κ2) is 9.28. The Kier molecular flexibility index (Phi) is 6.51. The Balaban J connectivity index is 1.39. The summed E-state index contributed by atoms with van der Waals surface area (Å²) in [6, 6.07) is 10.8. The Bertz CT molecular complexity index is 647. The predicted octanol–water partition coefficient (Wildman–Crippen LogP) is 2.23. The van der Waals surface area contributed by atoms with Crippen molar-refractivity contribution in [1.29, 1.82) is 0 Å². The topological polar surface area (TPSA) is 58.1 Å². The number of aryl methyl sites for hydroxylation is 1. The standard InChI is InChI=1S/C20H26N4O/c25-20(9-8-18-15-21-11-12-22-18)23-19-7-4-13-24(16-19)14-10-17-5-2-1-3-6-17/h1-3,5-6,11-12,15,19H,4,7-10,13-14,16H2,(H,23,25). The molecule has 25 heavy (non-hydrogen) atoms. The van der Waals surface area contributed by atoms with Crippen LogP contribution >= 0.6 is 0 Å². The number of amides is 1. The van der Waals surface area contributed by atoms with Crippen LogP contribution in [0.1, 0.15) is 30.5 Å². The van der Waals surface area contributed by atoms with Crippen molar-refractivity contribution in [1.82, 2.24) is 20.2 Å². The van der Waals surface area contributed by atoms with Crippen LogP contribution < -0.4 is 5.32 Å². The molecule has 1 amide bonds. The third kappa shape index (κ3) is 5.94. The first-order valence-corrected chi connectivity index (χ1v) is 9.10. The van der Waals surface area contributed by atoms with Crippen LogP contribution in [-0.4, -0.2) is 46.5 Å². The number of carbonyl (C=O) groups excluding carboxylic acids is 1. The molecule has 1 aliphatic heterocycles. The molecule has 0 aliphatic carbocycles. The van der Waals surface area contributed by atoms with E-state index in [1.54, 1.807) is 18.6 Å². The summed E-state index contributed by atoms with van der Waals surface area (Å²) in [6.45, 7) is 3.12. The Labute approximate surface area is 149 Å². The van der Waals surface area contributed by atoms with Crippen LogP contribution in [0.4, 0.5) is 0 Å². The number of rotatable bonds is 7. The maximum Gasteiger partial charge on any atom is 0.220 e. The molecule has 2 heterocycles. The number of piperidine rings is 1. The average molecular weight is 338 g/mol. The molecule has 1 atom stereocenters. The monoisotopic (exact) mass is 338 g/mol. The fraction of sp³-hybridized carbons (Fsp3) is 0.450. The molecule has 1 aromatic carbocycles. The Morgan fingerprint density at radius 2 is 2.08 bits per heavy atom. The van der Waals surface area contributed by atoms with Crippen molar-refractivity contribution in [3.63, 3.8) is 0 Å². The number of aromatic nitrogens is 2. The van der Waals surface area contributed by atoms with Gasteiger partial charge in [0.2, 0.25) is 5.91 Å². The van der Waals surface area contributed by atoms with Crippen LogP contribution in [-0.2, 0) is 17.6 Å². The van der Waals surface area contributed by atoms with Gasteiger partial charge < -0.3 is 10.2 Å². The van der Waals surface area contributed by atoms with E-state index in [9.17, 15) is 4.79 Å². The molecule has 5 heteroatoms. The van der Waals surface area contributed by atoms with Crippen molar-refractivity contribution in [2.75, 3.05) is 19.6 Å². The molecule has 0 saturated carbocycles. The molecule has 1 fully saturated rings. The highest BCUT2D eigenvalue weighted by atomic mass is 16.1. The predicted molar refractivity (Wildman–Crippen MR) is 98.1 cm³/mol. The summed E-state index contributed by atoms with van der Waals surface area (Å²) in [5.41, 5.74) is 2.24. The van der Waals surface area contributed by atoms with Crippen LogP contribution in [0.2, 0.25) is 0 Å². The number of hydrogen-bond acceptors (Lipinski definition) is 4. The number of nitrogens with one attached hydrogen (secondary N) is 1. The zero-order valence-corrected chi connectivity index (χ0v) is 14.6. The largest absolute Gasteiger partial charge is 0.352 e. The van der Waals surface area contributed by atoms with Crippen LogP contribution in [0.25, 0.3) is 0 Å². The van der Waals surface area contributed by atoms with Gasteiger partial charge in [-0.25, -0.2) is 0 Å². The van der Waals surface area contributed by atoms with E-state index >= 15 is 0 Å². The molecule has 1 N–H and O–H groups in total. The number of benzene rings is 1. The van der Waals surface area contributed by atoms with Crippen LogP contribution in [0.5, 0.6) is 0 Å². The van der Waals surface area contributed by atoms with Gasteiger partial charge in [-0.05, 0) is 37.8 Å². The van der Waals surface area contributed by atoms with Gasteiger partial charge in [0, 0.05) is 44.1 Å². The third-order valence-electron chi connectivity index (χ3n) is 4.66.